The molecule has 22 heavy (non-hydrogen) atoms. The summed E-state index contributed by atoms with van der Waals surface area (Å²) in [5, 5.41) is 12.1. The highest BCUT2D eigenvalue weighted by Crippen LogP contribution is 2.23. The Kier molecular flexibility index (Phi) is 3.46. The number of fused-ring (bicyclic) bond motifs is 1. The Balaban J connectivity index is 2.03. The van der Waals surface area contributed by atoms with Crippen molar-refractivity contribution in [1.29, 1.82) is 0 Å². The number of nitrogens with zero attached hydrogens (tertiary/aromatic N) is 5. The molecule has 112 valence electrons. The molecule has 0 aliphatic heterocycles. The van der Waals surface area contributed by atoms with E-state index in [0.29, 0.717) is 12.1 Å². The predicted octanol–water partition coefficient (Wildman–Crippen LogP) is 1.75. The molecule has 0 unspecified atom stereocenters. The van der Waals surface area contributed by atoms with Crippen molar-refractivity contribution in [2.75, 3.05) is 17.7 Å². The third-order valence-electron chi connectivity index (χ3n) is 3.49. The van der Waals surface area contributed by atoms with Gasteiger partial charge in [-0.2, -0.15) is 9.61 Å². The predicted molar refractivity (Wildman–Crippen MR) is 84.3 cm³/mol. The molecule has 1 amide bonds. The van der Waals surface area contributed by atoms with Crippen LogP contribution in [0.4, 0.5) is 11.6 Å². The minimum atomic E-state index is 0.0589. The van der Waals surface area contributed by atoms with Crippen molar-refractivity contribution in [3.63, 3.8) is 0 Å². The van der Waals surface area contributed by atoms with Crippen LogP contribution in [-0.2, 0) is 4.79 Å². The molecule has 0 radical (unpaired) electrons. The van der Waals surface area contributed by atoms with Crippen LogP contribution in [0.5, 0.6) is 0 Å². The maximum Gasteiger partial charge on any atom is 0.243 e. The van der Waals surface area contributed by atoms with Crippen molar-refractivity contribution < 1.29 is 4.79 Å². The Morgan fingerprint density at radius 3 is 2.86 bits per heavy atom. The first-order valence-corrected chi connectivity index (χ1v) is 6.95. The summed E-state index contributed by atoms with van der Waals surface area (Å²) in [6.45, 7) is 1.84. The summed E-state index contributed by atoms with van der Waals surface area (Å²) >= 11 is 0. The Morgan fingerprint density at radius 1 is 1.27 bits per heavy atom. The first kappa shape index (κ1) is 14.0. The van der Waals surface area contributed by atoms with Gasteiger partial charge in [-0.15, -0.1) is 10.2 Å². The summed E-state index contributed by atoms with van der Waals surface area (Å²) in [4.78, 5) is 13.5. The number of amides is 1. The maximum absolute atomic E-state index is 11.8. The lowest BCUT2D eigenvalue weighted by Crippen LogP contribution is -2.24. The zero-order valence-electron chi connectivity index (χ0n) is 12.4. The minimum absolute atomic E-state index is 0.0589. The van der Waals surface area contributed by atoms with Gasteiger partial charge in [0.1, 0.15) is 0 Å². The van der Waals surface area contributed by atoms with Gasteiger partial charge < -0.3 is 10.6 Å². The van der Waals surface area contributed by atoms with E-state index in [1.165, 1.54) is 4.52 Å². The largest absolute Gasteiger partial charge is 0.366 e. The number of rotatable bonds is 3. The second-order valence-electron chi connectivity index (χ2n) is 4.90. The average Bonchev–Trinajstić information content (AvgIpc) is 2.94. The highest BCUT2D eigenvalue weighted by atomic mass is 16.2. The average molecular weight is 296 g/mol. The molecule has 0 saturated carbocycles. The number of carbonyl (C=O) groups excluding carboxylic acids is 1. The van der Waals surface area contributed by atoms with E-state index in [0.717, 1.165) is 16.9 Å². The fourth-order valence-corrected chi connectivity index (χ4v) is 2.21. The quantitative estimate of drug-likeness (QED) is 0.795. The molecular weight excluding hydrogens is 280 g/mol. The van der Waals surface area contributed by atoms with Gasteiger partial charge in [-0.25, -0.2) is 0 Å². The number of nitrogen functional groups attached to an aromatic ring is 1. The van der Waals surface area contributed by atoms with Crippen molar-refractivity contribution in [2.45, 2.75) is 13.3 Å². The van der Waals surface area contributed by atoms with Gasteiger partial charge in [0.05, 0.1) is 5.69 Å². The van der Waals surface area contributed by atoms with Gasteiger partial charge in [-0.05, 0) is 24.3 Å². The SMILES string of the molecule is CCC(=O)N(C)c1cccc(-c2ccc3nnc(N)n3n2)c1. The monoisotopic (exact) mass is 296 g/mol. The number of carbonyl (C=O) groups is 1. The Morgan fingerprint density at radius 2 is 2.09 bits per heavy atom. The van der Waals surface area contributed by atoms with Crippen LogP contribution in [0.15, 0.2) is 36.4 Å². The van der Waals surface area contributed by atoms with Crippen LogP contribution in [0.1, 0.15) is 13.3 Å². The first-order valence-electron chi connectivity index (χ1n) is 6.95. The molecule has 2 aromatic heterocycles. The van der Waals surface area contributed by atoms with E-state index in [2.05, 4.69) is 15.3 Å². The standard InChI is InChI=1S/C15H16N6O/c1-3-14(22)20(2)11-6-4-5-10(9-11)12-7-8-13-17-18-15(16)21(13)19-12/h4-9H,3H2,1-2H3,(H2,16,18). The highest BCUT2D eigenvalue weighted by molar-refractivity contribution is 5.93. The number of nitrogens with two attached hydrogens (primary N) is 1. The van der Waals surface area contributed by atoms with Crippen LogP contribution >= 0.6 is 0 Å². The van der Waals surface area contributed by atoms with Gasteiger partial charge >= 0.3 is 0 Å². The molecular formula is C15H16N6O. The fraction of sp³-hybridized carbons (Fsp3) is 0.200. The third kappa shape index (κ3) is 2.37. The molecule has 0 bridgehead atoms. The number of hydrogen-bond acceptors (Lipinski definition) is 5. The summed E-state index contributed by atoms with van der Waals surface area (Å²) in [5.74, 6) is 0.301. The van der Waals surface area contributed by atoms with Crippen molar-refractivity contribution in [1.82, 2.24) is 19.8 Å². The smallest absolute Gasteiger partial charge is 0.243 e. The highest BCUT2D eigenvalue weighted by Gasteiger charge is 2.11. The Hall–Kier alpha value is -2.96. The Labute approximate surface area is 127 Å². The molecule has 0 aliphatic rings. The molecule has 1 aromatic carbocycles. The summed E-state index contributed by atoms with van der Waals surface area (Å²) in [6, 6.07) is 11.3. The van der Waals surface area contributed by atoms with E-state index < -0.39 is 0 Å². The van der Waals surface area contributed by atoms with Crippen LogP contribution in [0.3, 0.4) is 0 Å². The van der Waals surface area contributed by atoms with Crippen molar-refractivity contribution >= 4 is 23.2 Å². The van der Waals surface area contributed by atoms with Gasteiger partial charge in [-0.3, -0.25) is 4.79 Å². The lowest BCUT2D eigenvalue weighted by atomic mass is 10.1. The minimum Gasteiger partial charge on any atom is -0.366 e. The fourth-order valence-electron chi connectivity index (χ4n) is 2.21. The lowest BCUT2D eigenvalue weighted by molar-refractivity contribution is -0.118. The van der Waals surface area contributed by atoms with Crippen molar-refractivity contribution in [3.8, 4) is 11.3 Å². The summed E-state index contributed by atoms with van der Waals surface area (Å²) in [7, 11) is 1.76. The van der Waals surface area contributed by atoms with Gasteiger partial charge in [0.15, 0.2) is 5.65 Å². The molecule has 3 aromatic rings. The zero-order chi connectivity index (χ0) is 15.7. The van der Waals surface area contributed by atoms with E-state index in [9.17, 15) is 4.79 Å². The molecule has 3 rings (SSSR count). The zero-order valence-corrected chi connectivity index (χ0v) is 12.4. The second kappa shape index (κ2) is 5.44. The van der Waals surface area contributed by atoms with Crippen LogP contribution in [0, 0.1) is 0 Å². The molecule has 0 fully saturated rings. The summed E-state index contributed by atoms with van der Waals surface area (Å²) in [6.07, 6.45) is 0.460. The third-order valence-corrected chi connectivity index (χ3v) is 3.49. The van der Waals surface area contributed by atoms with Crippen LogP contribution in [0.25, 0.3) is 16.9 Å². The van der Waals surface area contributed by atoms with E-state index in [1.807, 2.05) is 37.3 Å². The van der Waals surface area contributed by atoms with E-state index in [1.54, 1.807) is 18.0 Å². The Bertz CT molecular complexity index is 841. The van der Waals surface area contributed by atoms with Crippen LogP contribution in [-0.4, -0.2) is 32.8 Å². The molecule has 7 heteroatoms. The lowest BCUT2D eigenvalue weighted by Gasteiger charge is -2.17. The number of hydrogen-bond donors (Lipinski definition) is 1. The van der Waals surface area contributed by atoms with Gasteiger partial charge in [0.25, 0.3) is 0 Å². The van der Waals surface area contributed by atoms with Crippen molar-refractivity contribution in [2.24, 2.45) is 0 Å². The maximum atomic E-state index is 11.8. The number of benzene rings is 1. The van der Waals surface area contributed by atoms with Gasteiger partial charge in [-0.1, -0.05) is 19.1 Å². The van der Waals surface area contributed by atoms with Crippen molar-refractivity contribution in [3.05, 3.63) is 36.4 Å². The first-order chi connectivity index (χ1) is 10.6. The molecule has 2 N–H and O–H groups in total. The normalized spacial score (nSPS) is 10.8. The van der Waals surface area contributed by atoms with Gasteiger partial charge in [0, 0.05) is 24.7 Å². The van der Waals surface area contributed by atoms with Crippen LogP contribution < -0.4 is 10.6 Å². The van der Waals surface area contributed by atoms with Gasteiger partial charge in [0.2, 0.25) is 11.9 Å². The molecule has 7 nitrogen and oxygen atoms in total. The molecule has 0 spiro atoms. The molecule has 0 atom stereocenters. The second-order valence-corrected chi connectivity index (χ2v) is 4.90. The summed E-state index contributed by atoms with van der Waals surface area (Å²) in [5.41, 5.74) is 8.77. The van der Waals surface area contributed by atoms with E-state index in [4.69, 9.17) is 5.73 Å². The van der Waals surface area contributed by atoms with E-state index in [-0.39, 0.29) is 11.9 Å². The summed E-state index contributed by atoms with van der Waals surface area (Å²) < 4.78 is 1.49. The van der Waals surface area contributed by atoms with E-state index >= 15 is 0 Å². The molecule has 0 aliphatic carbocycles. The molecule has 0 saturated heterocycles. The molecule has 2 heterocycles. The van der Waals surface area contributed by atoms with Crippen LogP contribution in [0.2, 0.25) is 0 Å². The number of aromatic nitrogens is 4. The number of anilines is 2. The topological polar surface area (TPSA) is 89.4 Å².